The first kappa shape index (κ1) is 19.1. The number of anilines is 2. The van der Waals surface area contributed by atoms with Crippen LogP contribution < -0.4 is 16.4 Å². The van der Waals surface area contributed by atoms with Crippen molar-refractivity contribution in [2.75, 3.05) is 23.7 Å². The summed E-state index contributed by atoms with van der Waals surface area (Å²) in [4.78, 5) is 24.1. The molecule has 1 aliphatic rings. The van der Waals surface area contributed by atoms with Crippen LogP contribution in [0.5, 0.6) is 0 Å². The number of aromatic nitrogens is 2. The molecule has 6 nitrogen and oxygen atoms in total. The Hall–Kier alpha value is -3.25. The Morgan fingerprint density at radius 1 is 1.03 bits per heavy atom. The van der Waals surface area contributed by atoms with E-state index in [1.165, 1.54) is 0 Å². The average molecular weight is 387 g/mol. The Bertz CT molecular complexity index is 997. The minimum Gasteiger partial charge on any atom is -0.382 e. The number of hydrogen-bond acceptors (Lipinski definition) is 6. The number of piperidine rings is 1. The molecule has 0 radical (unpaired) electrons. The Labute approximate surface area is 170 Å². The van der Waals surface area contributed by atoms with Crippen molar-refractivity contribution in [1.29, 1.82) is 0 Å². The molecule has 4 N–H and O–H groups in total. The largest absolute Gasteiger partial charge is 0.382 e. The number of hydrogen-bond donors (Lipinski definition) is 2. The monoisotopic (exact) mass is 387 g/mol. The van der Waals surface area contributed by atoms with E-state index < -0.39 is 0 Å². The number of carbonyl (C=O) groups is 1. The quantitative estimate of drug-likeness (QED) is 0.653. The molecule has 3 aromatic rings. The van der Waals surface area contributed by atoms with Crippen molar-refractivity contribution >= 4 is 17.3 Å². The normalized spacial score (nSPS) is 14.7. The van der Waals surface area contributed by atoms with E-state index in [9.17, 15) is 4.79 Å². The molecule has 1 aromatic heterocycles. The molecule has 2 aromatic carbocycles. The standard InChI is InChI=1S/C23H25N5O/c24-18-10-12-28(13-11-18)20-9-5-4-8-17(20)14-21(29)22-23(25)26-15-19(27-22)16-6-2-1-3-7-16/h1-9,15,18H,10-14,24H2,(H2,25,26). The summed E-state index contributed by atoms with van der Waals surface area (Å²) in [7, 11) is 0. The van der Waals surface area contributed by atoms with Crippen molar-refractivity contribution in [3.05, 3.63) is 72.1 Å². The van der Waals surface area contributed by atoms with Gasteiger partial charge in [0.1, 0.15) is 5.69 Å². The third kappa shape index (κ3) is 4.27. The maximum atomic E-state index is 13.1. The van der Waals surface area contributed by atoms with Crippen LogP contribution in [0.25, 0.3) is 11.3 Å². The molecular formula is C23H25N5O. The molecule has 1 aliphatic heterocycles. The molecule has 4 rings (SSSR count). The number of Topliss-reactive ketones (excluding diaryl/α,β-unsaturated/α-hetero) is 1. The molecule has 29 heavy (non-hydrogen) atoms. The topological polar surface area (TPSA) is 98.1 Å². The summed E-state index contributed by atoms with van der Waals surface area (Å²) >= 11 is 0. The third-order valence-electron chi connectivity index (χ3n) is 5.36. The van der Waals surface area contributed by atoms with E-state index in [2.05, 4.69) is 20.9 Å². The average Bonchev–Trinajstić information content (AvgIpc) is 2.76. The predicted molar refractivity (Wildman–Crippen MR) is 116 cm³/mol. The molecule has 1 saturated heterocycles. The molecule has 0 unspecified atom stereocenters. The molecule has 0 aliphatic carbocycles. The zero-order valence-electron chi connectivity index (χ0n) is 16.3. The highest BCUT2D eigenvalue weighted by Gasteiger charge is 2.21. The molecule has 0 spiro atoms. The SMILES string of the molecule is Nc1ncc(-c2ccccc2)nc1C(=O)Cc1ccccc1N1CCC(N)CC1. The summed E-state index contributed by atoms with van der Waals surface area (Å²) < 4.78 is 0. The van der Waals surface area contributed by atoms with Crippen LogP contribution in [0.1, 0.15) is 28.9 Å². The van der Waals surface area contributed by atoms with E-state index in [-0.39, 0.29) is 29.8 Å². The molecule has 148 valence electrons. The highest BCUT2D eigenvalue weighted by atomic mass is 16.1. The van der Waals surface area contributed by atoms with Crippen molar-refractivity contribution in [1.82, 2.24) is 9.97 Å². The fourth-order valence-corrected chi connectivity index (χ4v) is 3.72. The van der Waals surface area contributed by atoms with Gasteiger partial charge in [0.15, 0.2) is 11.6 Å². The summed E-state index contributed by atoms with van der Waals surface area (Å²) in [5, 5.41) is 0. The van der Waals surface area contributed by atoms with Crippen LogP contribution in [0.3, 0.4) is 0 Å². The summed E-state index contributed by atoms with van der Waals surface area (Å²) in [5.41, 5.74) is 15.9. The lowest BCUT2D eigenvalue weighted by atomic mass is 10.0. The van der Waals surface area contributed by atoms with Gasteiger partial charge in [-0.25, -0.2) is 9.97 Å². The van der Waals surface area contributed by atoms with Crippen LogP contribution in [0, 0.1) is 0 Å². The molecule has 1 fully saturated rings. The number of ketones is 1. The molecule has 0 atom stereocenters. The first-order chi connectivity index (χ1) is 14.1. The number of rotatable bonds is 5. The second kappa shape index (κ2) is 8.41. The van der Waals surface area contributed by atoms with E-state index in [0.717, 1.165) is 42.7 Å². The van der Waals surface area contributed by atoms with Crippen LogP contribution in [-0.2, 0) is 6.42 Å². The Morgan fingerprint density at radius 2 is 1.72 bits per heavy atom. The fourth-order valence-electron chi connectivity index (χ4n) is 3.72. The van der Waals surface area contributed by atoms with Crippen LogP contribution in [0.15, 0.2) is 60.8 Å². The summed E-state index contributed by atoms with van der Waals surface area (Å²) in [6.07, 6.45) is 3.75. The second-order valence-corrected chi connectivity index (χ2v) is 7.41. The Kier molecular flexibility index (Phi) is 5.53. The maximum absolute atomic E-state index is 13.1. The van der Waals surface area contributed by atoms with E-state index in [1.54, 1.807) is 6.20 Å². The van der Waals surface area contributed by atoms with Gasteiger partial charge in [-0.2, -0.15) is 0 Å². The van der Waals surface area contributed by atoms with Crippen molar-refractivity contribution in [3.63, 3.8) is 0 Å². The first-order valence-electron chi connectivity index (χ1n) is 9.91. The molecule has 6 heteroatoms. The number of nitrogens with two attached hydrogens (primary N) is 2. The number of para-hydroxylation sites is 1. The van der Waals surface area contributed by atoms with Gasteiger partial charge < -0.3 is 16.4 Å². The van der Waals surface area contributed by atoms with Crippen molar-refractivity contribution in [2.24, 2.45) is 5.73 Å². The van der Waals surface area contributed by atoms with Gasteiger partial charge in [0.2, 0.25) is 0 Å². The summed E-state index contributed by atoms with van der Waals surface area (Å²) in [6, 6.07) is 17.9. The molecular weight excluding hydrogens is 362 g/mol. The minimum absolute atomic E-state index is 0.131. The number of carbonyl (C=O) groups excluding carboxylic acids is 1. The van der Waals surface area contributed by atoms with Gasteiger partial charge in [0.05, 0.1) is 11.9 Å². The fraction of sp³-hybridized carbons (Fsp3) is 0.261. The lowest BCUT2D eigenvalue weighted by Gasteiger charge is -2.33. The van der Waals surface area contributed by atoms with Crippen molar-refractivity contribution in [3.8, 4) is 11.3 Å². The Morgan fingerprint density at radius 3 is 2.48 bits per heavy atom. The maximum Gasteiger partial charge on any atom is 0.189 e. The number of nitrogen functional groups attached to an aromatic ring is 1. The molecule has 0 bridgehead atoms. The second-order valence-electron chi connectivity index (χ2n) is 7.41. The van der Waals surface area contributed by atoms with E-state index in [4.69, 9.17) is 11.5 Å². The smallest absolute Gasteiger partial charge is 0.189 e. The van der Waals surface area contributed by atoms with Crippen LogP contribution in [-0.4, -0.2) is 34.9 Å². The van der Waals surface area contributed by atoms with Crippen LogP contribution >= 0.6 is 0 Å². The first-order valence-corrected chi connectivity index (χ1v) is 9.91. The van der Waals surface area contributed by atoms with Crippen LogP contribution in [0.2, 0.25) is 0 Å². The van der Waals surface area contributed by atoms with Crippen LogP contribution in [0.4, 0.5) is 11.5 Å². The lowest BCUT2D eigenvalue weighted by Crippen LogP contribution is -2.40. The summed E-state index contributed by atoms with van der Waals surface area (Å²) in [6.45, 7) is 1.80. The van der Waals surface area contributed by atoms with E-state index in [1.807, 2.05) is 48.5 Å². The molecule has 2 heterocycles. The number of nitrogens with zero attached hydrogens (tertiary/aromatic N) is 3. The van der Waals surface area contributed by atoms with E-state index >= 15 is 0 Å². The highest BCUT2D eigenvalue weighted by molar-refractivity contribution is 6.00. The highest BCUT2D eigenvalue weighted by Crippen LogP contribution is 2.26. The summed E-state index contributed by atoms with van der Waals surface area (Å²) in [5.74, 6) is 0.0325. The zero-order chi connectivity index (χ0) is 20.2. The van der Waals surface area contributed by atoms with Crippen molar-refractivity contribution in [2.45, 2.75) is 25.3 Å². The predicted octanol–water partition coefficient (Wildman–Crippen LogP) is 3.08. The zero-order valence-corrected chi connectivity index (χ0v) is 16.3. The van der Waals surface area contributed by atoms with Gasteiger partial charge >= 0.3 is 0 Å². The van der Waals surface area contributed by atoms with Gasteiger partial charge in [0, 0.05) is 36.8 Å². The van der Waals surface area contributed by atoms with Gasteiger partial charge in [-0.15, -0.1) is 0 Å². The van der Waals surface area contributed by atoms with Gasteiger partial charge in [0.25, 0.3) is 0 Å². The van der Waals surface area contributed by atoms with Gasteiger partial charge in [-0.05, 0) is 24.5 Å². The molecule has 0 saturated carbocycles. The number of benzene rings is 2. The van der Waals surface area contributed by atoms with Gasteiger partial charge in [-0.1, -0.05) is 48.5 Å². The van der Waals surface area contributed by atoms with Gasteiger partial charge in [-0.3, -0.25) is 4.79 Å². The molecule has 0 amide bonds. The van der Waals surface area contributed by atoms with E-state index in [0.29, 0.717) is 5.69 Å². The Balaban J connectivity index is 1.59. The van der Waals surface area contributed by atoms with Crippen molar-refractivity contribution < 1.29 is 4.79 Å². The lowest BCUT2D eigenvalue weighted by molar-refractivity contribution is 0.0989. The minimum atomic E-state index is -0.131. The third-order valence-corrected chi connectivity index (χ3v) is 5.36.